The minimum absolute atomic E-state index is 0. The Bertz CT molecular complexity index is 722. The molecule has 2 aromatic rings. The number of nitrogens with one attached hydrogen (secondary N) is 3. The molecule has 0 aromatic heterocycles. The van der Waals surface area contributed by atoms with Crippen LogP contribution in [0, 0.1) is 0 Å². The highest BCUT2D eigenvalue weighted by molar-refractivity contribution is 5.92. The molecule has 1 fully saturated rings. The van der Waals surface area contributed by atoms with Crippen molar-refractivity contribution in [3.8, 4) is 5.75 Å². The molecule has 3 rings (SSSR count). The molecule has 0 aliphatic carbocycles. The molecule has 0 atom stereocenters. The summed E-state index contributed by atoms with van der Waals surface area (Å²) in [5.41, 5.74) is 2.55. The van der Waals surface area contributed by atoms with Crippen LogP contribution in [0.3, 0.4) is 0 Å². The van der Waals surface area contributed by atoms with Crippen LogP contribution in [0.2, 0.25) is 0 Å². The van der Waals surface area contributed by atoms with E-state index in [1.54, 1.807) is 7.11 Å². The number of guanidine groups is 1. The molecule has 6 nitrogen and oxygen atoms in total. The Morgan fingerprint density at radius 3 is 2.32 bits per heavy atom. The summed E-state index contributed by atoms with van der Waals surface area (Å²) in [4.78, 5) is 16.6. The van der Waals surface area contributed by atoms with Gasteiger partial charge in [-0.3, -0.25) is 4.79 Å². The monoisotopic (exact) mass is 360 g/mol. The lowest BCUT2D eigenvalue weighted by atomic mass is 10.1. The van der Waals surface area contributed by atoms with Gasteiger partial charge in [-0.25, -0.2) is 4.99 Å². The zero-order valence-corrected chi connectivity index (χ0v) is 14.7. The van der Waals surface area contributed by atoms with Crippen LogP contribution in [0.15, 0.2) is 53.5 Å². The van der Waals surface area contributed by atoms with Crippen LogP contribution in [0.1, 0.15) is 5.56 Å². The number of carbonyl (C=O) groups excluding carboxylic acids is 1. The highest BCUT2D eigenvalue weighted by Gasteiger charge is 2.06. The van der Waals surface area contributed by atoms with Crippen molar-refractivity contribution in [2.75, 3.05) is 25.5 Å². The Labute approximate surface area is 153 Å². The van der Waals surface area contributed by atoms with E-state index in [1.807, 2.05) is 48.5 Å². The Morgan fingerprint density at radius 2 is 1.72 bits per heavy atom. The molecule has 0 saturated carbocycles. The van der Waals surface area contributed by atoms with Gasteiger partial charge in [-0.05, 0) is 42.0 Å². The lowest BCUT2D eigenvalue weighted by Crippen LogP contribution is -2.23. The van der Waals surface area contributed by atoms with Gasteiger partial charge in [0.25, 0.3) is 0 Å². The van der Waals surface area contributed by atoms with E-state index in [1.165, 1.54) is 0 Å². The lowest BCUT2D eigenvalue weighted by Gasteiger charge is -2.07. The third-order valence-corrected chi connectivity index (χ3v) is 3.63. The molecular weight excluding hydrogens is 340 g/mol. The molecule has 25 heavy (non-hydrogen) atoms. The average molecular weight is 361 g/mol. The van der Waals surface area contributed by atoms with E-state index in [4.69, 9.17) is 4.74 Å². The first-order valence-corrected chi connectivity index (χ1v) is 7.82. The molecule has 7 heteroatoms. The van der Waals surface area contributed by atoms with Crippen LogP contribution in [-0.2, 0) is 11.2 Å². The number of methoxy groups -OCH3 is 1. The van der Waals surface area contributed by atoms with Gasteiger partial charge >= 0.3 is 0 Å². The Kier molecular flexibility index (Phi) is 6.65. The van der Waals surface area contributed by atoms with Crippen LogP contribution in [-0.4, -0.2) is 32.1 Å². The Balaban J connectivity index is 0.00000225. The summed E-state index contributed by atoms with van der Waals surface area (Å²) in [5.74, 6) is 1.50. The van der Waals surface area contributed by atoms with Crippen LogP contribution in [0.25, 0.3) is 0 Å². The third kappa shape index (κ3) is 5.39. The first-order valence-electron chi connectivity index (χ1n) is 7.82. The summed E-state index contributed by atoms with van der Waals surface area (Å²) >= 11 is 0. The van der Waals surface area contributed by atoms with E-state index in [0.29, 0.717) is 6.42 Å². The van der Waals surface area contributed by atoms with E-state index in [0.717, 1.165) is 41.7 Å². The van der Waals surface area contributed by atoms with Gasteiger partial charge in [-0.2, -0.15) is 0 Å². The van der Waals surface area contributed by atoms with Crippen molar-refractivity contribution in [2.24, 2.45) is 4.99 Å². The van der Waals surface area contributed by atoms with Crippen molar-refractivity contribution in [3.05, 3.63) is 54.1 Å². The largest absolute Gasteiger partial charge is 0.497 e. The van der Waals surface area contributed by atoms with Gasteiger partial charge < -0.3 is 20.7 Å². The number of carbonyl (C=O) groups is 1. The lowest BCUT2D eigenvalue weighted by molar-refractivity contribution is -0.115. The molecule has 1 aliphatic rings. The molecular formula is C18H21ClN4O2. The fourth-order valence-electron chi connectivity index (χ4n) is 2.39. The quantitative estimate of drug-likeness (QED) is 0.765. The maximum atomic E-state index is 12.1. The molecule has 0 spiro atoms. The number of nitrogens with zero attached hydrogens (tertiary/aromatic N) is 1. The summed E-state index contributed by atoms with van der Waals surface area (Å²) in [7, 11) is 1.61. The van der Waals surface area contributed by atoms with Gasteiger partial charge in [-0.1, -0.05) is 12.1 Å². The summed E-state index contributed by atoms with van der Waals surface area (Å²) in [6.07, 6.45) is 0.319. The fraction of sp³-hybridized carbons (Fsp3) is 0.222. The number of ether oxygens (including phenoxy) is 1. The number of anilines is 1. The van der Waals surface area contributed by atoms with Crippen molar-refractivity contribution >= 4 is 35.6 Å². The minimum Gasteiger partial charge on any atom is -0.497 e. The zero-order valence-electron chi connectivity index (χ0n) is 13.9. The molecule has 1 saturated heterocycles. The van der Waals surface area contributed by atoms with Crippen LogP contribution >= 0.6 is 12.4 Å². The molecule has 0 unspecified atom stereocenters. The van der Waals surface area contributed by atoms with E-state index >= 15 is 0 Å². The Morgan fingerprint density at radius 1 is 1.08 bits per heavy atom. The second kappa shape index (κ2) is 8.94. The van der Waals surface area contributed by atoms with Crippen LogP contribution in [0.4, 0.5) is 11.4 Å². The van der Waals surface area contributed by atoms with E-state index in [-0.39, 0.29) is 18.3 Å². The van der Waals surface area contributed by atoms with Crippen molar-refractivity contribution < 1.29 is 9.53 Å². The molecule has 2 aromatic carbocycles. The van der Waals surface area contributed by atoms with Crippen molar-refractivity contribution in [1.29, 1.82) is 0 Å². The van der Waals surface area contributed by atoms with Crippen LogP contribution in [0.5, 0.6) is 5.75 Å². The number of benzene rings is 2. The van der Waals surface area contributed by atoms with Gasteiger partial charge in [0, 0.05) is 18.8 Å². The Hall–Kier alpha value is -2.73. The van der Waals surface area contributed by atoms with Crippen molar-refractivity contribution in [3.63, 3.8) is 0 Å². The number of rotatable bonds is 5. The van der Waals surface area contributed by atoms with Gasteiger partial charge in [0.15, 0.2) is 5.96 Å². The normalized spacial score (nSPS) is 12.4. The van der Waals surface area contributed by atoms with E-state index in [2.05, 4.69) is 20.9 Å². The summed E-state index contributed by atoms with van der Waals surface area (Å²) in [5, 5.41) is 9.18. The standard InChI is InChI=1S/C18H20N4O2.ClH/c1-24-16-8-6-14(7-9-16)21-17(23)12-13-2-4-15(5-3-13)22-18-19-10-11-20-18;/h2-9H,10-12H2,1H3,(H,21,23)(H2,19,20,22);1H. The molecule has 1 heterocycles. The molecule has 0 radical (unpaired) electrons. The van der Waals surface area contributed by atoms with Crippen molar-refractivity contribution in [1.82, 2.24) is 10.6 Å². The third-order valence-electron chi connectivity index (χ3n) is 3.63. The number of aliphatic imine (C=N–C) groups is 1. The SMILES string of the molecule is COc1ccc(NC(=O)Cc2ccc(N=C3NCCN3)cc2)cc1.Cl. The molecule has 1 aliphatic heterocycles. The first kappa shape index (κ1) is 18.6. The maximum Gasteiger partial charge on any atom is 0.228 e. The second-order valence-corrected chi connectivity index (χ2v) is 5.43. The second-order valence-electron chi connectivity index (χ2n) is 5.43. The van der Waals surface area contributed by atoms with Gasteiger partial charge in [0.2, 0.25) is 5.91 Å². The fourth-order valence-corrected chi connectivity index (χ4v) is 2.39. The minimum atomic E-state index is -0.0571. The maximum absolute atomic E-state index is 12.1. The first-order chi connectivity index (χ1) is 11.7. The predicted molar refractivity (Wildman–Crippen MR) is 102 cm³/mol. The number of halogens is 1. The smallest absolute Gasteiger partial charge is 0.228 e. The molecule has 132 valence electrons. The predicted octanol–water partition coefficient (Wildman–Crippen LogP) is 2.48. The highest BCUT2D eigenvalue weighted by atomic mass is 35.5. The van der Waals surface area contributed by atoms with E-state index in [9.17, 15) is 4.79 Å². The van der Waals surface area contributed by atoms with Crippen LogP contribution < -0.4 is 20.7 Å². The topological polar surface area (TPSA) is 74.8 Å². The van der Waals surface area contributed by atoms with Gasteiger partial charge in [-0.15, -0.1) is 12.4 Å². The average Bonchev–Trinajstić information content (AvgIpc) is 3.10. The summed E-state index contributed by atoms with van der Waals surface area (Å²) in [6.45, 7) is 1.78. The number of amides is 1. The molecule has 3 N–H and O–H groups in total. The van der Waals surface area contributed by atoms with E-state index < -0.39 is 0 Å². The molecule has 0 bridgehead atoms. The molecule has 1 amide bonds. The number of hydrogen-bond acceptors (Lipinski definition) is 3. The van der Waals surface area contributed by atoms with Gasteiger partial charge in [0.05, 0.1) is 19.2 Å². The van der Waals surface area contributed by atoms with Crippen molar-refractivity contribution in [2.45, 2.75) is 6.42 Å². The number of hydrogen-bond donors (Lipinski definition) is 3. The summed E-state index contributed by atoms with van der Waals surface area (Å²) in [6, 6.07) is 14.9. The summed E-state index contributed by atoms with van der Waals surface area (Å²) < 4.78 is 5.10. The highest BCUT2D eigenvalue weighted by Crippen LogP contribution is 2.16. The zero-order chi connectivity index (χ0) is 16.8. The van der Waals surface area contributed by atoms with Gasteiger partial charge in [0.1, 0.15) is 5.75 Å².